The Hall–Kier alpha value is -0.530. The van der Waals surface area contributed by atoms with Gasteiger partial charge in [-0.1, -0.05) is 27.2 Å². The van der Waals surface area contributed by atoms with Crippen molar-refractivity contribution in [2.75, 3.05) is 0 Å². The van der Waals surface area contributed by atoms with Crippen LogP contribution in [0.15, 0.2) is 0 Å². The maximum Gasteiger partial charge on any atom is 0.303 e. The molecule has 0 amide bonds. The summed E-state index contributed by atoms with van der Waals surface area (Å²) in [5, 5.41) is 8.45. The predicted octanol–water partition coefficient (Wildman–Crippen LogP) is 2.92. The van der Waals surface area contributed by atoms with Gasteiger partial charge in [-0.2, -0.15) is 0 Å². The van der Waals surface area contributed by atoms with Crippen molar-refractivity contribution in [1.29, 1.82) is 0 Å². The minimum atomic E-state index is -0.675. The molecule has 2 nitrogen and oxygen atoms in total. The lowest BCUT2D eigenvalue weighted by atomic mass is 9.92. The Bertz CT molecular complexity index is 132. The van der Waals surface area contributed by atoms with E-state index in [4.69, 9.17) is 5.11 Å². The van der Waals surface area contributed by atoms with E-state index in [9.17, 15) is 4.79 Å². The molecule has 0 unspecified atom stereocenters. The van der Waals surface area contributed by atoms with Crippen LogP contribution in [0.3, 0.4) is 0 Å². The van der Waals surface area contributed by atoms with E-state index in [0.717, 1.165) is 18.8 Å². The number of carboxylic acids is 1. The van der Waals surface area contributed by atoms with Crippen molar-refractivity contribution >= 4 is 5.97 Å². The second-order valence-corrected chi connectivity index (χ2v) is 3.79. The SMILES string of the molecule is CC[C@H](C)C[C@@H](C)CCC(=O)O. The quantitative estimate of drug-likeness (QED) is 0.668. The van der Waals surface area contributed by atoms with Gasteiger partial charge in [-0.3, -0.25) is 4.79 Å². The predicted molar refractivity (Wildman–Crippen MR) is 50.1 cm³/mol. The Morgan fingerprint density at radius 3 is 2.33 bits per heavy atom. The average Bonchev–Trinajstić information content (AvgIpc) is 2.00. The van der Waals surface area contributed by atoms with Gasteiger partial charge in [-0.25, -0.2) is 0 Å². The van der Waals surface area contributed by atoms with Crippen LogP contribution in [0.2, 0.25) is 0 Å². The van der Waals surface area contributed by atoms with Crippen molar-refractivity contribution in [1.82, 2.24) is 0 Å². The van der Waals surface area contributed by atoms with E-state index in [1.54, 1.807) is 0 Å². The van der Waals surface area contributed by atoms with Gasteiger partial charge in [0.25, 0.3) is 0 Å². The number of aliphatic carboxylic acids is 1. The molecular formula is C10H20O2. The Morgan fingerprint density at radius 1 is 1.33 bits per heavy atom. The first-order valence-corrected chi connectivity index (χ1v) is 4.78. The first-order chi connectivity index (χ1) is 5.56. The molecule has 0 radical (unpaired) electrons. The highest BCUT2D eigenvalue weighted by atomic mass is 16.4. The third kappa shape index (κ3) is 6.20. The van der Waals surface area contributed by atoms with Gasteiger partial charge in [0.15, 0.2) is 0 Å². The zero-order chi connectivity index (χ0) is 9.56. The maximum absolute atomic E-state index is 10.3. The zero-order valence-corrected chi connectivity index (χ0v) is 8.34. The van der Waals surface area contributed by atoms with Gasteiger partial charge in [0.2, 0.25) is 0 Å². The lowest BCUT2D eigenvalue weighted by Crippen LogP contribution is -2.05. The molecule has 0 aliphatic rings. The van der Waals surface area contributed by atoms with Crippen molar-refractivity contribution in [3.63, 3.8) is 0 Å². The van der Waals surface area contributed by atoms with Crippen LogP contribution in [-0.4, -0.2) is 11.1 Å². The summed E-state index contributed by atoms with van der Waals surface area (Å²) >= 11 is 0. The highest BCUT2D eigenvalue weighted by molar-refractivity contribution is 5.66. The molecule has 1 N–H and O–H groups in total. The molecule has 0 fully saturated rings. The second kappa shape index (κ2) is 6.04. The molecule has 12 heavy (non-hydrogen) atoms. The van der Waals surface area contributed by atoms with Crippen LogP contribution in [0.1, 0.15) is 46.5 Å². The summed E-state index contributed by atoms with van der Waals surface area (Å²) in [7, 11) is 0. The molecule has 0 heterocycles. The number of carboxylic acid groups (broad SMARTS) is 1. The van der Waals surface area contributed by atoms with E-state index in [1.807, 2.05) is 0 Å². The lowest BCUT2D eigenvalue weighted by molar-refractivity contribution is -0.137. The molecule has 0 saturated heterocycles. The van der Waals surface area contributed by atoms with E-state index in [-0.39, 0.29) is 0 Å². The minimum absolute atomic E-state index is 0.317. The summed E-state index contributed by atoms with van der Waals surface area (Å²) in [6, 6.07) is 0. The highest BCUT2D eigenvalue weighted by Crippen LogP contribution is 2.18. The number of hydrogen-bond acceptors (Lipinski definition) is 1. The first kappa shape index (κ1) is 11.5. The number of hydrogen-bond donors (Lipinski definition) is 1. The fourth-order valence-electron chi connectivity index (χ4n) is 1.34. The normalized spacial score (nSPS) is 15.6. The summed E-state index contributed by atoms with van der Waals surface area (Å²) in [5.41, 5.74) is 0. The molecule has 0 spiro atoms. The maximum atomic E-state index is 10.3. The lowest BCUT2D eigenvalue weighted by Gasteiger charge is -2.14. The van der Waals surface area contributed by atoms with E-state index in [1.165, 1.54) is 6.42 Å². The summed E-state index contributed by atoms with van der Waals surface area (Å²) in [6.45, 7) is 6.53. The van der Waals surface area contributed by atoms with Crippen LogP contribution in [0.5, 0.6) is 0 Å². The Morgan fingerprint density at radius 2 is 1.92 bits per heavy atom. The molecule has 0 aromatic carbocycles. The van der Waals surface area contributed by atoms with Crippen LogP contribution in [0.25, 0.3) is 0 Å². The van der Waals surface area contributed by atoms with E-state index < -0.39 is 5.97 Å². The molecule has 72 valence electrons. The largest absolute Gasteiger partial charge is 0.481 e. The molecule has 0 aliphatic carbocycles. The van der Waals surface area contributed by atoms with Crippen molar-refractivity contribution in [3.8, 4) is 0 Å². The molecule has 0 saturated carbocycles. The summed E-state index contributed by atoms with van der Waals surface area (Å²) in [4.78, 5) is 10.3. The van der Waals surface area contributed by atoms with Crippen LogP contribution in [0, 0.1) is 11.8 Å². The molecule has 0 aromatic rings. The molecule has 0 rings (SSSR count). The standard InChI is InChI=1S/C10H20O2/c1-4-8(2)7-9(3)5-6-10(11)12/h8-9H,4-7H2,1-3H3,(H,11,12)/t8-,9-/m0/s1. The molecule has 0 aromatic heterocycles. The fraction of sp³-hybridized carbons (Fsp3) is 0.900. The van der Waals surface area contributed by atoms with Crippen LogP contribution in [0.4, 0.5) is 0 Å². The molecule has 2 heteroatoms. The second-order valence-electron chi connectivity index (χ2n) is 3.79. The van der Waals surface area contributed by atoms with Crippen molar-refractivity contribution < 1.29 is 9.90 Å². The molecule has 0 bridgehead atoms. The fourth-order valence-corrected chi connectivity index (χ4v) is 1.34. The number of carbonyl (C=O) groups is 1. The molecule has 2 atom stereocenters. The minimum Gasteiger partial charge on any atom is -0.481 e. The van der Waals surface area contributed by atoms with Crippen molar-refractivity contribution in [3.05, 3.63) is 0 Å². The summed E-state index contributed by atoms with van der Waals surface area (Å²) in [6.07, 6.45) is 3.48. The number of rotatable bonds is 6. The van der Waals surface area contributed by atoms with E-state index in [2.05, 4.69) is 20.8 Å². The first-order valence-electron chi connectivity index (χ1n) is 4.78. The third-order valence-electron chi connectivity index (χ3n) is 2.35. The Balaban J connectivity index is 3.45. The highest BCUT2D eigenvalue weighted by Gasteiger charge is 2.08. The topological polar surface area (TPSA) is 37.3 Å². The van der Waals surface area contributed by atoms with Gasteiger partial charge < -0.3 is 5.11 Å². The van der Waals surface area contributed by atoms with Crippen molar-refractivity contribution in [2.24, 2.45) is 11.8 Å². The van der Waals surface area contributed by atoms with E-state index >= 15 is 0 Å². The third-order valence-corrected chi connectivity index (χ3v) is 2.35. The van der Waals surface area contributed by atoms with Gasteiger partial charge >= 0.3 is 5.97 Å². The Labute approximate surface area is 75.0 Å². The van der Waals surface area contributed by atoms with E-state index in [0.29, 0.717) is 12.3 Å². The molecule has 0 aliphatic heterocycles. The van der Waals surface area contributed by atoms with Crippen molar-refractivity contribution in [2.45, 2.75) is 46.5 Å². The van der Waals surface area contributed by atoms with Gasteiger partial charge in [0.1, 0.15) is 0 Å². The monoisotopic (exact) mass is 172 g/mol. The average molecular weight is 172 g/mol. The summed E-state index contributed by atoms with van der Waals surface area (Å²) < 4.78 is 0. The van der Waals surface area contributed by atoms with Gasteiger partial charge in [-0.15, -0.1) is 0 Å². The smallest absolute Gasteiger partial charge is 0.303 e. The molecular weight excluding hydrogens is 152 g/mol. The Kier molecular flexibility index (Phi) is 5.77. The van der Waals surface area contributed by atoms with Crippen LogP contribution < -0.4 is 0 Å². The van der Waals surface area contributed by atoms with Crippen LogP contribution >= 0.6 is 0 Å². The zero-order valence-electron chi connectivity index (χ0n) is 8.34. The summed E-state index contributed by atoms with van der Waals surface area (Å²) in [5.74, 6) is 0.607. The van der Waals surface area contributed by atoms with Gasteiger partial charge in [0.05, 0.1) is 0 Å². The van der Waals surface area contributed by atoms with Crippen LogP contribution in [-0.2, 0) is 4.79 Å². The van der Waals surface area contributed by atoms with Gasteiger partial charge in [0, 0.05) is 6.42 Å². The van der Waals surface area contributed by atoms with Gasteiger partial charge in [-0.05, 0) is 24.7 Å².